The van der Waals surface area contributed by atoms with Crippen molar-refractivity contribution >= 4 is 79.0 Å². The quantitative estimate of drug-likeness (QED) is 0.0515. The predicted octanol–water partition coefficient (Wildman–Crippen LogP) is 16.2. The van der Waals surface area contributed by atoms with Crippen molar-refractivity contribution in [1.29, 1.82) is 0 Å². The summed E-state index contributed by atoms with van der Waals surface area (Å²) in [5.74, 6) is 0. The molecule has 0 aromatic carbocycles. The van der Waals surface area contributed by atoms with Crippen molar-refractivity contribution < 1.29 is 0 Å². The Morgan fingerprint density at radius 1 is 0.521 bits per heavy atom. The van der Waals surface area contributed by atoms with Crippen LogP contribution in [0.1, 0.15) is 159 Å². The molecule has 0 unspecified atom stereocenters. The first-order valence-electron chi connectivity index (χ1n) is 20.2. The van der Waals surface area contributed by atoms with E-state index in [1.54, 1.807) is 8.48 Å². The number of rotatable bonds is 26. The summed E-state index contributed by atoms with van der Waals surface area (Å²) >= 11 is 1.82. The van der Waals surface area contributed by atoms with Crippen LogP contribution in [0.15, 0.2) is 38.5 Å². The van der Waals surface area contributed by atoms with E-state index in [4.69, 9.17) is 0 Å². The van der Waals surface area contributed by atoms with Crippen LogP contribution in [0.2, 0.25) is 29.6 Å². The van der Waals surface area contributed by atoms with Crippen LogP contribution in [0.25, 0.3) is 14.7 Å². The molecule has 3 rings (SSSR count). The molecular formula is C43H72S3Sn2. The number of unbranched alkanes of at least 4 members (excludes halogenated alkanes) is 18. The van der Waals surface area contributed by atoms with Crippen molar-refractivity contribution in [3.63, 3.8) is 0 Å². The number of thioether (sulfide) groups is 1. The Kier molecular flexibility index (Phi) is 20.9. The maximum atomic E-state index is 3.96. The van der Waals surface area contributed by atoms with E-state index in [-0.39, 0.29) is 0 Å². The van der Waals surface area contributed by atoms with Gasteiger partial charge in [-0.3, -0.25) is 0 Å². The van der Waals surface area contributed by atoms with E-state index in [2.05, 4.69) is 96.6 Å². The summed E-state index contributed by atoms with van der Waals surface area (Å²) in [4.78, 5) is 21.5. The van der Waals surface area contributed by atoms with Crippen molar-refractivity contribution in [2.24, 2.45) is 0 Å². The summed E-state index contributed by atoms with van der Waals surface area (Å²) in [6.45, 7) is 4.62. The molecule has 2 aromatic rings. The zero-order valence-electron chi connectivity index (χ0n) is 32.6. The van der Waals surface area contributed by atoms with Crippen molar-refractivity contribution in [2.45, 2.75) is 185 Å². The zero-order chi connectivity index (χ0) is 34.8. The topological polar surface area (TPSA) is 0 Å². The Morgan fingerprint density at radius 2 is 1.00 bits per heavy atom. The van der Waals surface area contributed by atoms with Gasteiger partial charge in [-0.25, -0.2) is 0 Å². The molecular weight excluding hydrogens is 850 g/mol. The molecule has 0 spiro atoms. The van der Waals surface area contributed by atoms with Gasteiger partial charge in [0.15, 0.2) is 0 Å². The zero-order valence-corrected chi connectivity index (χ0v) is 40.7. The molecule has 0 N–H and O–H groups in total. The molecule has 0 fully saturated rings. The van der Waals surface area contributed by atoms with Crippen molar-refractivity contribution in [3.05, 3.63) is 48.9 Å². The van der Waals surface area contributed by atoms with Crippen LogP contribution in [-0.4, -0.2) is 36.8 Å². The Labute approximate surface area is 319 Å². The third-order valence-electron chi connectivity index (χ3n) is 9.65. The van der Waals surface area contributed by atoms with E-state index in [0.717, 1.165) is 0 Å². The Hall–Kier alpha value is 0.607. The van der Waals surface area contributed by atoms with Crippen LogP contribution in [0, 0.1) is 0 Å². The third-order valence-corrected chi connectivity index (χ3v) is 32.0. The number of allylic oxidation sites excluding steroid dienone is 2. The van der Waals surface area contributed by atoms with Gasteiger partial charge in [0.05, 0.1) is 0 Å². The van der Waals surface area contributed by atoms with Gasteiger partial charge in [-0.15, -0.1) is 0 Å². The average molecular weight is 923 g/mol. The fraction of sp³-hybridized carbons (Fsp3) is 0.698. The van der Waals surface area contributed by atoms with Crippen molar-refractivity contribution in [2.75, 3.05) is 0 Å². The molecule has 0 bridgehead atoms. The molecule has 1 aliphatic heterocycles. The molecule has 270 valence electrons. The minimum absolute atomic E-state index is 1.19. The van der Waals surface area contributed by atoms with Crippen LogP contribution in [0.5, 0.6) is 0 Å². The molecule has 0 saturated carbocycles. The van der Waals surface area contributed by atoms with E-state index in [1.165, 1.54) is 166 Å². The second kappa shape index (κ2) is 23.3. The van der Waals surface area contributed by atoms with Crippen LogP contribution < -0.4 is 2.89 Å². The summed E-state index contributed by atoms with van der Waals surface area (Å²) in [6.07, 6.45) is 33.2. The molecule has 0 aliphatic carbocycles. The van der Waals surface area contributed by atoms with Crippen LogP contribution >= 0.6 is 34.4 Å². The summed E-state index contributed by atoms with van der Waals surface area (Å²) < 4.78 is 3.42. The number of hydrogen-bond acceptors (Lipinski definition) is 3. The number of aryl methyl sites for hydroxylation is 1. The molecule has 0 amide bonds. The van der Waals surface area contributed by atoms with Gasteiger partial charge in [0.2, 0.25) is 0 Å². The summed E-state index contributed by atoms with van der Waals surface area (Å²) in [5, 5.41) is 0. The molecule has 2 aromatic heterocycles. The number of hydrogen-bond donors (Lipinski definition) is 0. The molecule has 5 heteroatoms. The van der Waals surface area contributed by atoms with E-state index in [0.29, 0.717) is 0 Å². The normalized spacial score (nSPS) is 14.0. The Morgan fingerprint density at radius 3 is 1.50 bits per heavy atom. The fourth-order valence-corrected chi connectivity index (χ4v) is 22.2. The molecule has 0 nitrogen and oxygen atoms in total. The van der Waals surface area contributed by atoms with Gasteiger partial charge in [0, 0.05) is 0 Å². The van der Waals surface area contributed by atoms with Gasteiger partial charge >= 0.3 is 289 Å². The molecule has 0 saturated heterocycles. The van der Waals surface area contributed by atoms with Crippen LogP contribution in [0.3, 0.4) is 0 Å². The van der Waals surface area contributed by atoms with Crippen molar-refractivity contribution in [1.82, 2.24) is 0 Å². The third kappa shape index (κ3) is 16.1. The molecule has 48 heavy (non-hydrogen) atoms. The predicted molar refractivity (Wildman–Crippen MR) is 232 cm³/mol. The van der Waals surface area contributed by atoms with E-state index < -0.39 is 36.8 Å². The van der Waals surface area contributed by atoms with E-state index >= 15 is 0 Å². The van der Waals surface area contributed by atoms with Gasteiger partial charge in [0.25, 0.3) is 0 Å². The Bertz CT molecular complexity index is 1290. The van der Waals surface area contributed by atoms with Crippen LogP contribution in [-0.2, 0) is 6.42 Å². The van der Waals surface area contributed by atoms with Crippen molar-refractivity contribution in [3.8, 4) is 9.75 Å². The second-order valence-electron chi connectivity index (χ2n) is 16.6. The molecule has 0 radical (unpaired) electrons. The number of thiophene rings is 2. The first-order chi connectivity index (χ1) is 23.0. The molecule has 1 aliphatic rings. The van der Waals surface area contributed by atoms with Crippen LogP contribution in [0.4, 0.5) is 0 Å². The first-order valence-corrected chi connectivity index (χ1v) is 42.6. The van der Waals surface area contributed by atoms with Gasteiger partial charge in [-0.1, -0.05) is 33.1 Å². The maximum absolute atomic E-state index is 3.96. The van der Waals surface area contributed by atoms with Gasteiger partial charge in [-0.2, -0.15) is 0 Å². The second-order valence-corrected chi connectivity index (χ2v) is 50.4. The SMILES string of the molecule is CCCCCCCCCCCCC1=C=[C]([Sn]([CH3])([CH3])[CH3])SC(c2ccc(-c3cc(CCCCCCCCCCCC)[c]([Sn]([CH3])([CH3])[CH3])s3)s2)=C1. The van der Waals surface area contributed by atoms with E-state index in [1.807, 2.05) is 14.2 Å². The first kappa shape index (κ1) is 43.0. The summed E-state index contributed by atoms with van der Waals surface area (Å²) in [6, 6.07) is 7.48. The van der Waals surface area contributed by atoms with Gasteiger partial charge in [0.1, 0.15) is 0 Å². The molecule has 0 atom stereocenters. The summed E-state index contributed by atoms with van der Waals surface area (Å²) in [7, 11) is 0. The fourth-order valence-electron chi connectivity index (χ4n) is 6.68. The van der Waals surface area contributed by atoms with Gasteiger partial charge in [-0.05, 0) is 0 Å². The molecule has 3 heterocycles. The Balaban J connectivity index is 1.58. The van der Waals surface area contributed by atoms with Gasteiger partial charge < -0.3 is 0 Å². The standard InChI is InChI=1S/C37H54S3.6CH3.2Sn/c1-3-5-7-9-11-13-15-17-19-21-23-32-27-28-38-36(29-32)34-25-26-35(40-34)37-30-33(31-39-37)24-22-20-18-16-14-12-10-8-6-4-2;;;;;;;;/h25-26,29-30H,3-24H2,1-2H3;6*1H3;;. The minimum atomic E-state index is -2.25. The average Bonchev–Trinajstić information content (AvgIpc) is 3.71. The summed E-state index contributed by atoms with van der Waals surface area (Å²) in [5.41, 5.74) is 7.14. The van der Waals surface area contributed by atoms with E-state index in [9.17, 15) is 0 Å². The monoisotopic (exact) mass is 924 g/mol.